The number of aliphatic hydroxyl groups is 1. The van der Waals surface area contributed by atoms with E-state index in [0.29, 0.717) is 0 Å². The lowest BCUT2D eigenvalue weighted by Crippen LogP contribution is -2.39. The van der Waals surface area contributed by atoms with Crippen LogP contribution in [0.4, 0.5) is 13.2 Å². The molecule has 0 aliphatic carbocycles. The van der Waals surface area contributed by atoms with Crippen molar-refractivity contribution >= 4 is 0 Å². The lowest BCUT2D eigenvalue weighted by Gasteiger charge is -2.15. The second-order valence-electron chi connectivity index (χ2n) is 2.58. The van der Waals surface area contributed by atoms with E-state index in [-0.39, 0.29) is 25.8 Å². The zero-order valence-corrected chi connectivity index (χ0v) is 7.80. The largest absolute Gasteiger partial charge is 0.522 e. The third-order valence-electron chi connectivity index (χ3n) is 1.39. The average molecular weight is 217 g/mol. The van der Waals surface area contributed by atoms with Crippen molar-refractivity contribution in [3.63, 3.8) is 0 Å². The Balaban J connectivity index is 3.42. The standard InChI is InChI=1S/C7H14F3NO3/c1-13-5-6(4-12)11-2-3-14-7(8,9)10/h6,11-12H,2-5H2,1H3. The number of aliphatic hydroxyl groups excluding tert-OH is 1. The molecular formula is C7H14F3NO3. The van der Waals surface area contributed by atoms with Crippen molar-refractivity contribution in [2.45, 2.75) is 12.4 Å². The molecule has 0 radical (unpaired) electrons. The van der Waals surface area contributed by atoms with E-state index in [9.17, 15) is 13.2 Å². The second kappa shape index (κ2) is 6.99. The summed E-state index contributed by atoms with van der Waals surface area (Å²) >= 11 is 0. The number of alkyl halides is 3. The van der Waals surface area contributed by atoms with Crippen molar-refractivity contribution in [2.24, 2.45) is 0 Å². The molecule has 0 aliphatic heterocycles. The molecule has 0 aromatic heterocycles. The molecule has 0 bridgehead atoms. The molecule has 0 heterocycles. The molecule has 0 aromatic rings. The molecule has 0 aliphatic rings. The maximum absolute atomic E-state index is 11.5. The van der Waals surface area contributed by atoms with Crippen LogP contribution in [0.1, 0.15) is 0 Å². The predicted octanol–water partition coefficient (Wildman–Crippen LogP) is 0.120. The van der Waals surface area contributed by atoms with Gasteiger partial charge >= 0.3 is 6.36 Å². The van der Waals surface area contributed by atoms with Crippen LogP contribution < -0.4 is 5.32 Å². The summed E-state index contributed by atoms with van der Waals surface area (Å²) in [5, 5.41) is 11.4. The number of methoxy groups -OCH3 is 1. The first-order valence-corrected chi connectivity index (χ1v) is 4.03. The Morgan fingerprint density at radius 1 is 1.43 bits per heavy atom. The van der Waals surface area contributed by atoms with Crippen molar-refractivity contribution in [3.05, 3.63) is 0 Å². The fourth-order valence-electron chi connectivity index (χ4n) is 0.807. The van der Waals surface area contributed by atoms with E-state index >= 15 is 0 Å². The van der Waals surface area contributed by atoms with Gasteiger partial charge in [-0.2, -0.15) is 0 Å². The van der Waals surface area contributed by atoms with Crippen LogP contribution in [0.2, 0.25) is 0 Å². The number of hydrogen-bond acceptors (Lipinski definition) is 4. The van der Waals surface area contributed by atoms with E-state index < -0.39 is 13.0 Å². The van der Waals surface area contributed by atoms with Gasteiger partial charge in [0.15, 0.2) is 0 Å². The van der Waals surface area contributed by atoms with Gasteiger partial charge in [-0.3, -0.25) is 4.74 Å². The van der Waals surface area contributed by atoms with Crippen LogP contribution in [0.3, 0.4) is 0 Å². The summed E-state index contributed by atoms with van der Waals surface area (Å²) in [5.41, 5.74) is 0. The minimum Gasteiger partial charge on any atom is -0.395 e. The molecular weight excluding hydrogens is 203 g/mol. The highest BCUT2D eigenvalue weighted by Gasteiger charge is 2.28. The molecule has 0 rings (SSSR count). The van der Waals surface area contributed by atoms with Crippen LogP contribution in [0.15, 0.2) is 0 Å². The fourth-order valence-corrected chi connectivity index (χ4v) is 0.807. The lowest BCUT2D eigenvalue weighted by atomic mass is 10.3. The van der Waals surface area contributed by atoms with Gasteiger partial charge in [0.1, 0.15) is 0 Å². The number of rotatable bonds is 7. The Morgan fingerprint density at radius 2 is 2.07 bits per heavy atom. The Hall–Kier alpha value is -0.370. The SMILES string of the molecule is COCC(CO)NCCOC(F)(F)F. The maximum atomic E-state index is 11.5. The third-order valence-corrected chi connectivity index (χ3v) is 1.39. The van der Waals surface area contributed by atoms with Gasteiger partial charge in [0.25, 0.3) is 0 Å². The fraction of sp³-hybridized carbons (Fsp3) is 1.00. The van der Waals surface area contributed by atoms with E-state index in [1.807, 2.05) is 0 Å². The zero-order valence-electron chi connectivity index (χ0n) is 7.80. The Labute approximate surface area is 80.0 Å². The highest BCUT2D eigenvalue weighted by Crippen LogP contribution is 2.15. The van der Waals surface area contributed by atoms with Gasteiger partial charge in [-0.05, 0) is 0 Å². The van der Waals surface area contributed by atoms with Crippen molar-refractivity contribution in [1.29, 1.82) is 0 Å². The van der Waals surface area contributed by atoms with Gasteiger partial charge in [-0.25, -0.2) is 0 Å². The molecule has 1 atom stereocenters. The molecule has 1 unspecified atom stereocenters. The molecule has 0 saturated carbocycles. The van der Waals surface area contributed by atoms with Crippen molar-refractivity contribution in [3.8, 4) is 0 Å². The van der Waals surface area contributed by atoms with Crippen LogP contribution in [-0.4, -0.2) is 51.0 Å². The molecule has 2 N–H and O–H groups in total. The van der Waals surface area contributed by atoms with Crippen LogP contribution >= 0.6 is 0 Å². The first kappa shape index (κ1) is 13.6. The van der Waals surface area contributed by atoms with Gasteiger partial charge in [-0.1, -0.05) is 0 Å². The zero-order chi connectivity index (χ0) is 11.0. The van der Waals surface area contributed by atoms with Gasteiger partial charge in [0.2, 0.25) is 0 Å². The number of ether oxygens (including phenoxy) is 2. The minimum atomic E-state index is -4.60. The maximum Gasteiger partial charge on any atom is 0.522 e. The summed E-state index contributed by atoms with van der Waals surface area (Å²) in [5.74, 6) is 0. The first-order chi connectivity index (χ1) is 6.49. The average Bonchev–Trinajstić information content (AvgIpc) is 2.08. The summed E-state index contributed by atoms with van der Waals surface area (Å²) in [6.07, 6.45) is -4.60. The van der Waals surface area contributed by atoms with Crippen LogP contribution in [0, 0.1) is 0 Å². The number of hydrogen-bond donors (Lipinski definition) is 2. The summed E-state index contributed by atoms with van der Waals surface area (Å²) in [6, 6.07) is -0.364. The van der Waals surface area contributed by atoms with Crippen molar-refractivity contribution in [2.75, 3.05) is 33.5 Å². The topological polar surface area (TPSA) is 50.7 Å². The van der Waals surface area contributed by atoms with Crippen LogP contribution in [0.25, 0.3) is 0 Å². The van der Waals surface area contributed by atoms with Crippen LogP contribution in [-0.2, 0) is 9.47 Å². The molecule has 0 aromatic carbocycles. The van der Waals surface area contributed by atoms with Gasteiger partial charge in [0.05, 0.1) is 25.9 Å². The normalized spacial score (nSPS) is 14.4. The van der Waals surface area contributed by atoms with Crippen molar-refractivity contribution < 1.29 is 27.8 Å². The summed E-state index contributed by atoms with van der Waals surface area (Å²) < 4.78 is 42.7. The highest BCUT2D eigenvalue weighted by atomic mass is 19.4. The van der Waals surface area contributed by atoms with Gasteiger partial charge in [-0.15, -0.1) is 13.2 Å². The molecule has 14 heavy (non-hydrogen) atoms. The predicted molar refractivity (Wildman–Crippen MR) is 42.8 cm³/mol. The van der Waals surface area contributed by atoms with Gasteiger partial charge in [0, 0.05) is 13.7 Å². The summed E-state index contributed by atoms with van der Waals surface area (Å²) in [6.45, 7) is -0.430. The van der Waals surface area contributed by atoms with E-state index in [4.69, 9.17) is 9.84 Å². The number of halogens is 3. The van der Waals surface area contributed by atoms with Crippen LogP contribution in [0.5, 0.6) is 0 Å². The summed E-state index contributed by atoms with van der Waals surface area (Å²) in [7, 11) is 1.44. The van der Waals surface area contributed by atoms with E-state index in [1.54, 1.807) is 0 Å². The quantitative estimate of drug-likeness (QED) is 0.595. The summed E-state index contributed by atoms with van der Waals surface area (Å²) in [4.78, 5) is 0. The van der Waals surface area contributed by atoms with E-state index in [1.165, 1.54) is 7.11 Å². The Kier molecular flexibility index (Phi) is 6.81. The molecule has 0 spiro atoms. The monoisotopic (exact) mass is 217 g/mol. The third kappa shape index (κ3) is 8.24. The Morgan fingerprint density at radius 3 is 2.50 bits per heavy atom. The highest BCUT2D eigenvalue weighted by molar-refractivity contribution is 4.63. The smallest absolute Gasteiger partial charge is 0.395 e. The van der Waals surface area contributed by atoms with Gasteiger partial charge < -0.3 is 15.2 Å². The number of nitrogens with one attached hydrogen (secondary N) is 1. The Bertz CT molecular complexity index is 143. The molecule has 0 fully saturated rings. The molecule has 4 nitrogen and oxygen atoms in total. The van der Waals surface area contributed by atoms with Crippen molar-refractivity contribution in [1.82, 2.24) is 5.32 Å². The van der Waals surface area contributed by atoms with E-state index in [0.717, 1.165) is 0 Å². The molecule has 86 valence electrons. The lowest BCUT2D eigenvalue weighted by molar-refractivity contribution is -0.323. The molecule has 7 heteroatoms. The van der Waals surface area contributed by atoms with E-state index in [2.05, 4.69) is 10.1 Å². The molecule has 0 amide bonds. The molecule has 0 saturated heterocycles. The minimum absolute atomic E-state index is 0.00803. The first-order valence-electron chi connectivity index (χ1n) is 4.03. The second-order valence-corrected chi connectivity index (χ2v) is 2.58.